The van der Waals surface area contributed by atoms with E-state index in [0.29, 0.717) is 19.4 Å². The Morgan fingerprint density at radius 3 is 2.42 bits per heavy atom. The fraction of sp³-hybridized carbons (Fsp3) is 0.500. The van der Waals surface area contributed by atoms with E-state index < -0.39 is 36.7 Å². The number of carbonyl (C=O) groups excluding carboxylic acids is 1. The van der Waals surface area contributed by atoms with Gasteiger partial charge in [-0.05, 0) is 81.2 Å². The van der Waals surface area contributed by atoms with Crippen LogP contribution in [0.4, 0.5) is 5.13 Å². The molecule has 0 aliphatic carbocycles. The molecule has 3 N–H and O–H groups in total. The molecular weight excluding hydrogens is 570 g/mol. The number of anilines is 1. The second-order valence-electron chi connectivity index (χ2n) is 10.7. The largest absolute Gasteiger partial charge is 0.480 e. The van der Waals surface area contributed by atoms with Crippen molar-refractivity contribution in [2.45, 2.75) is 71.0 Å². The predicted molar refractivity (Wildman–Crippen MR) is 168 cm³/mol. The molecule has 2 atom stereocenters. The van der Waals surface area contributed by atoms with Gasteiger partial charge >= 0.3 is 11.9 Å². The van der Waals surface area contributed by atoms with Gasteiger partial charge in [0.15, 0.2) is 17.3 Å². The van der Waals surface area contributed by atoms with E-state index in [1.54, 1.807) is 18.4 Å². The van der Waals surface area contributed by atoms with Crippen LogP contribution in [0.2, 0.25) is 0 Å². The van der Waals surface area contributed by atoms with Gasteiger partial charge in [-0.25, -0.2) is 14.6 Å². The number of hydrogen-bond donors (Lipinski definition) is 3. The van der Waals surface area contributed by atoms with Crippen molar-refractivity contribution in [1.82, 2.24) is 9.88 Å². The quantitative estimate of drug-likeness (QED) is 0.145. The van der Waals surface area contributed by atoms with E-state index >= 15 is 0 Å². The summed E-state index contributed by atoms with van der Waals surface area (Å²) in [5, 5.41) is 23.0. The average molecular weight is 614 g/mol. The van der Waals surface area contributed by atoms with Crippen molar-refractivity contribution < 1.29 is 34.1 Å². The lowest BCUT2D eigenvalue weighted by Gasteiger charge is -2.27. The molecule has 3 rings (SSSR count). The monoisotopic (exact) mass is 613 g/mol. The number of carbonyl (C=O) groups is 3. The summed E-state index contributed by atoms with van der Waals surface area (Å²) in [6.45, 7) is 4.65. The van der Waals surface area contributed by atoms with Gasteiger partial charge in [-0.1, -0.05) is 48.1 Å². The topological polar surface area (TPSA) is 138 Å². The Balaban J connectivity index is 1.44. The van der Waals surface area contributed by atoms with Crippen molar-refractivity contribution in [3.8, 4) is 0 Å². The van der Waals surface area contributed by atoms with E-state index in [-0.39, 0.29) is 6.61 Å². The summed E-state index contributed by atoms with van der Waals surface area (Å²) in [6.07, 6.45) is 2.58. The smallest absolute Gasteiger partial charge is 0.336 e. The van der Waals surface area contributed by atoms with Crippen LogP contribution in [0, 0.1) is 13.8 Å². The number of benzene rings is 2. The summed E-state index contributed by atoms with van der Waals surface area (Å²) in [7, 11) is 1.59. The highest BCUT2D eigenvalue weighted by molar-refractivity contribution is 7.22. The van der Waals surface area contributed by atoms with Crippen LogP contribution >= 0.6 is 11.3 Å². The lowest BCUT2D eigenvalue weighted by Crippen LogP contribution is -2.50. The number of ether oxygens (including phenoxy) is 2. The first-order valence-electron chi connectivity index (χ1n) is 14.7. The number of aromatic nitrogens is 1. The molecule has 0 bridgehead atoms. The van der Waals surface area contributed by atoms with Crippen LogP contribution in [0.1, 0.15) is 55.2 Å². The number of nitrogens with one attached hydrogen (secondary N) is 1. The van der Waals surface area contributed by atoms with Crippen molar-refractivity contribution in [1.29, 1.82) is 0 Å². The number of likely N-dealkylation sites (N-methyl/N-ethyl adjacent to an activating group) is 1. The Kier molecular flexibility index (Phi) is 13.9. The molecule has 0 saturated heterocycles. The molecule has 1 aromatic heterocycles. The fourth-order valence-corrected chi connectivity index (χ4v) is 5.53. The minimum Gasteiger partial charge on any atom is -0.480 e. The van der Waals surface area contributed by atoms with Gasteiger partial charge in [0.25, 0.3) is 5.91 Å². The zero-order chi connectivity index (χ0) is 31.2. The number of aryl methyl sites for hydroxylation is 3. The minimum absolute atomic E-state index is 0.162. The highest BCUT2D eigenvalue weighted by Crippen LogP contribution is 2.25. The number of unbranched alkanes of at least 4 members (excludes halogenated alkanes) is 4. The average Bonchev–Trinajstić information content (AvgIpc) is 3.39. The third-order valence-electron chi connectivity index (χ3n) is 7.24. The number of para-hydroxylation sites is 1. The van der Waals surface area contributed by atoms with E-state index in [2.05, 4.69) is 42.3 Å². The second-order valence-corrected chi connectivity index (χ2v) is 11.7. The van der Waals surface area contributed by atoms with Crippen LogP contribution in [-0.4, -0.2) is 83.5 Å². The third kappa shape index (κ3) is 11.2. The number of carboxylic acids is 2. The van der Waals surface area contributed by atoms with Gasteiger partial charge < -0.3 is 29.9 Å². The Bertz CT molecular complexity index is 1310. The Morgan fingerprint density at radius 2 is 1.70 bits per heavy atom. The van der Waals surface area contributed by atoms with Crippen molar-refractivity contribution in [3.05, 3.63) is 59.2 Å². The van der Waals surface area contributed by atoms with Crippen LogP contribution in [0.25, 0.3) is 10.2 Å². The molecule has 43 heavy (non-hydrogen) atoms. The molecule has 0 fully saturated rings. The van der Waals surface area contributed by atoms with Gasteiger partial charge in [0.1, 0.15) is 6.61 Å². The Hall–Kier alpha value is -3.54. The van der Waals surface area contributed by atoms with E-state index in [0.717, 1.165) is 54.0 Å². The van der Waals surface area contributed by atoms with Crippen molar-refractivity contribution in [2.24, 2.45) is 0 Å². The number of fused-ring (bicyclic) bond motifs is 1. The first kappa shape index (κ1) is 34.0. The van der Waals surface area contributed by atoms with Gasteiger partial charge in [-0.3, -0.25) is 4.79 Å². The number of thiazole rings is 1. The molecule has 234 valence electrons. The number of carboxylic acid groups (broad SMARTS) is 2. The van der Waals surface area contributed by atoms with Crippen LogP contribution in [0.5, 0.6) is 0 Å². The zero-order valence-electron chi connectivity index (χ0n) is 25.2. The summed E-state index contributed by atoms with van der Waals surface area (Å²) in [5.41, 5.74) is 4.75. The fourth-order valence-electron chi connectivity index (χ4n) is 4.64. The molecule has 1 heterocycles. The lowest BCUT2D eigenvalue weighted by molar-refractivity contribution is -0.175. The normalized spacial score (nSPS) is 12.6. The number of aliphatic carboxylic acids is 2. The molecule has 0 aliphatic rings. The second kappa shape index (κ2) is 17.5. The maximum absolute atomic E-state index is 13.3. The summed E-state index contributed by atoms with van der Waals surface area (Å²) >= 11 is 1.61. The first-order valence-corrected chi connectivity index (χ1v) is 15.6. The summed E-state index contributed by atoms with van der Waals surface area (Å²) in [4.78, 5) is 42.3. The van der Waals surface area contributed by atoms with Gasteiger partial charge in [-0.15, -0.1) is 0 Å². The zero-order valence-corrected chi connectivity index (χ0v) is 26.0. The predicted octanol–water partition coefficient (Wildman–Crippen LogP) is 5.31. The van der Waals surface area contributed by atoms with Gasteiger partial charge in [-0.2, -0.15) is 0 Å². The van der Waals surface area contributed by atoms with E-state index in [1.165, 1.54) is 21.6 Å². The first-order chi connectivity index (χ1) is 20.7. The SMILES string of the molecule is Cc1ccc(CCCCCOC(C(=O)N(C)CCCCCNc2nc3ccccc3s2)C(OCC(=O)O)C(=O)O)cc1C. The molecule has 2 aromatic carbocycles. The highest BCUT2D eigenvalue weighted by Gasteiger charge is 2.37. The van der Waals surface area contributed by atoms with Gasteiger partial charge in [0.2, 0.25) is 0 Å². The van der Waals surface area contributed by atoms with E-state index in [1.807, 2.05) is 24.3 Å². The molecule has 2 unspecified atom stereocenters. The number of amides is 1. The molecule has 10 nitrogen and oxygen atoms in total. The molecule has 11 heteroatoms. The maximum atomic E-state index is 13.3. The molecule has 0 saturated carbocycles. The lowest BCUT2D eigenvalue weighted by atomic mass is 10.0. The Morgan fingerprint density at radius 1 is 0.930 bits per heavy atom. The standard InChI is InChI=1S/C32H43N3O7S/c1-22-15-16-24(20-23(22)2)12-6-4-11-19-41-28(29(31(39)40)42-21-27(36)37)30(38)35(3)18-10-5-9-17-33-32-34-25-13-7-8-14-26(25)43-32/h7-8,13-16,20,28-29H,4-6,9-12,17-19,21H2,1-3H3,(H,33,34)(H,36,37)(H,39,40). The number of rotatable bonds is 20. The summed E-state index contributed by atoms with van der Waals surface area (Å²) < 4.78 is 12.0. The van der Waals surface area contributed by atoms with Crippen LogP contribution in [0.3, 0.4) is 0 Å². The summed E-state index contributed by atoms with van der Waals surface area (Å²) in [5.74, 6) is -3.30. The number of hydrogen-bond acceptors (Lipinski definition) is 8. The molecule has 3 aromatic rings. The van der Waals surface area contributed by atoms with E-state index in [9.17, 15) is 19.5 Å². The molecule has 0 aliphatic heterocycles. The van der Waals surface area contributed by atoms with Crippen molar-refractivity contribution >= 4 is 44.5 Å². The van der Waals surface area contributed by atoms with Crippen molar-refractivity contribution in [3.63, 3.8) is 0 Å². The Labute approximate surface area is 257 Å². The molecular formula is C32H43N3O7S. The van der Waals surface area contributed by atoms with Crippen LogP contribution in [-0.2, 0) is 30.3 Å². The van der Waals surface area contributed by atoms with E-state index in [4.69, 9.17) is 14.6 Å². The molecule has 1 amide bonds. The van der Waals surface area contributed by atoms with Gasteiger partial charge in [0.05, 0.1) is 10.2 Å². The molecule has 0 spiro atoms. The van der Waals surface area contributed by atoms with Gasteiger partial charge in [0, 0.05) is 26.7 Å². The third-order valence-corrected chi connectivity index (χ3v) is 8.24. The summed E-state index contributed by atoms with van der Waals surface area (Å²) in [6, 6.07) is 14.4. The van der Waals surface area contributed by atoms with Crippen LogP contribution < -0.4 is 5.32 Å². The van der Waals surface area contributed by atoms with Crippen LogP contribution in [0.15, 0.2) is 42.5 Å². The number of nitrogens with zero attached hydrogens (tertiary/aromatic N) is 2. The highest BCUT2D eigenvalue weighted by atomic mass is 32.1. The maximum Gasteiger partial charge on any atom is 0.336 e. The van der Waals surface area contributed by atoms with Crippen molar-refractivity contribution in [2.75, 3.05) is 38.7 Å². The minimum atomic E-state index is -1.72. The molecule has 0 radical (unpaired) electrons.